The number of ether oxygens (including phenoxy) is 1. The van der Waals surface area contributed by atoms with Gasteiger partial charge in [0.25, 0.3) is 11.8 Å². The predicted molar refractivity (Wildman–Crippen MR) is 130 cm³/mol. The molecule has 1 N–H and O–H groups in total. The number of rotatable bonds is 7. The molecule has 1 aliphatic heterocycles. The van der Waals surface area contributed by atoms with E-state index in [2.05, 4.69) is 10.3 Å². The van der Waals surface area contributed by atoms with Crippen molar-refractivity contribution in [1.29, 1.82) is 0 Å². The Morgan fingerprint density at radius 3 is 2.56 bits per heavy atom. The molecule has 0 aliphatic carbocycles. The Morgan fingerprint density at radius 2 is 1.85 bits per heavy atom. The van der Waals surface area contributed by atoms with Crippen molar-refractivity contribution in [3.63, 3.8) is 0 Å². The molecule has 3 aromatic rings. The zero-order valence-electron chi connectivity index (χ0n) is 19.3. The number of aromatic nitrogens is 1. The van der Waals surface area contributed by atoms with Crippen molar-refractivity contribution in [3.8, 4) is 5.75 Å². The van der Waals surface area contributed by atoms with Crippen molar-refractivity contribution in [2.24, 2.45) is 0 Å². The second kappa shape index (κ2) is 10.8. The number of likely N-dealkylation sites (tertiary alicyclic amines) is 1. The SMILES string of the molecule is Cc1ccc(OCC(=O)N2CCC(c3nc(C(=O)NCc4ccc(F)cc4)cs3)CC2)cc1C. The highest BCUT2D eigenvalue weighted by molar-refractivity contribution is 7.09. The second-order valence-corrected chi connectivity index (χ2v) is 9.46. The molecule has 1 aromatic heterocycles. The van der Waals surface area contributed by atoms with Crippen LogP contribution in [0.2, 0.25) is 0 Å². The summed E-state index contributed by atoms with van der Waals surface area (Å²) in [6.45, 7) is 5.70. The average molecular weight is 482 g/mol. The van der Waals surface area contributed by atoms with E-state index in [1.54, 1.807) is 17.5 Å². The second-order valence-electron chi connectivity index (χ2n) is 8.57. The number of nitrogens with zero attached hydrogens (tertiary/aromatic N) is 2. The van der Waals surface area contributed by atoms with E-state index >= 15 is 0 Å². The molecule has 2 aromatic carbocycles. The molecule has 0 radical (unpaired) electrons. The lowest BCUT2D eigenvalue weighted by molar-refractivity contribution is -0.134. The van der Waals surface area contributed by atoms with Gasteiger partial charge < -0.3 is 15.0 Å². The number of amides is 2. The molecule has 0 unspecified atom stereocenters. The molecule has 6 nitrogen and oxygen atoms in total. The molecule has 8 heteroatoms. The molecular weight excluding hydrogens is 453 g/mol. The predicted octanol–water partition coefficient (Wildman–Crippen LogP) is 4.61. The Kier molecular flexibility index (Phi) is 7.57. The van der Waals surface area contributed by atoms with Crippen LogP contribution in [-0.4, -0.2) is 41.4 Å². The van der Waals surface area contributed by atoms with Crippen LogP contribution in [0.4, 0.5) is 4.39 Å². The number of hydrogen-bond acceptors (Lipinski definition) is 5. The minimum absolute atomic E-state index is 0.0170. The van der Waals surface area contributed by atoms with Crippen LogP contribution in [-0.2, 0) is 11.3 Å². The summed E-state index contributed by atoms with van der Waals surface area (Å²) in [5.74, 6) is 0.369. The van der Waals surface area contributed by atoms with Crippen LogP contribution in [0.5, 0.6) is 5.75 Å². The number of hydrogen-bond donors (Lipinski definition) is 1. The first-order valence-electron chi connectivity index (χ1n) is 11.3. The smallest absolute Gasteiger partial charge is 0.271 e. The van der Waals surface area contributed by atoms with E-state index in [1.807, 2.05) is 36.9 Å². The van der Waals surface area contributed by atoms with Gasteiger partial charge in [0.05, 0.1) is 5.01 Å². The molecule has 1 saturated heterocycles. The van der Waals surface area contributed by atoms with Gasteiger partial charge in [-0.05, 0) is 67.6 Å². The number of halogens is 1. The van der Waals surface area contributed by atoms with Crippen LogP contribution in [0.25, 0.3) is 0 Å². The minimum atomic E-state index is -0.305. The maximum absolute atomic E-state index is 13.0. The van der Waals surface area contributed by atoms with Crippen molar-refractivity contribution < 1.29 is 18.7 Å². The van der Waals surface area contributed by atoms with E-state index < -0.39 is 0 Å². The first kappa shape index (κ1) is 23.9. The van der Waals surface area contributed by atoms with Crippen molar-refractivity contribution in [3.05, 3.63) is 81.1 Å². The van der Waals surface area contributed by atoms with Gasteiger partial charge in [-0.15, -0.1) is 11.3 Å². The topological polar surface area (TPSA) is 71.5 Å². The highest BCUT2D eigenvalue weighted by atomic mass is 32.1. The summed E-state index contributed by atoms with van der Waals surface area (Å²) in [5.41, 5.74) is 3.54. The standard InChI is InChI=1S/C26H28FN3O3S/c1-17-3-8-22(13-18(17)2)33-15-24(31)30-11-9-20(10-12-30)26-29-23(16-34-26)25(32)28-14-19-4-6-21(27)7-5-19/h3-8,13,16,20H,9-12,14-15H2,1-2H3,(H,28,32). The van der Waals surface area contributed by atoms with Crippen molar-refractivity contribution >= 4 is 23.2 Å². The molecule has 4 rings (SSSR count). The van der Waals surface area contributed by atoms with Gasteiger partial charge in [-0.1, -0.05) is 18.2 Å². The quantitative estimate of drug-likeness (QED) is 0.535. The van der Waals surface area contributed by atoms with Crippen molar-refractivity contribution in [2.75, 3.05) is 19.7 Å². The molecule has 0 saturated carbocycles. The fraction of sp³-hybridized carbons (Fsp3) is 0.346. The fourth-order valence-electron chi connectivity index (χ4n) is 3.87. The van der Waals surface area contributed by atoms with Crippen LogP contribution in [0.15, 0.2) is 47.8 Å². The third-order valence-corrected chi connectivity index (χ3v) is 7.17. The van der Waals surface area contributed by atoms with Crippen LogP contribution >= 0.6 is 11.3 Å². The summed E-state index contributed by atoms with van der Waals surface area (Å²) in [6.07, 6.45) is 1.61. The van der Waals surface area contributed by atoms with E-state index in [9.17, 15) is 14.0 Å². The number of carbonyl (C=O) groups excluding carboxylic acids is 2. The Hall–Kier alpha value is -3.26. The summed E-state index contributed by atoms with van der Waals surface area (Å²) in [7, 11) is 0. The van der Waals surface area contributed by atoms with Crippen LogP contribution in [0, 0.1) is 19.7 Å². The lowest BCUT2D eigenvalue weighted by atomic mass is 9.97. The van der Waals surface area contributed by atoms with Gasteiger partial charge >= 0.3 is 0 Å². The van der Waals surface area contributed by atoms with Gasteiger partial charge in [0.15, 0.2) is 6.61 Å². The molecule has 0 bridgehead atoms. The molecule has 2 heterocycles. The number of nitrogens with one attached hydrogen (secondary N) is 1. The largest absolute Gasteiger partial charge is 0.484 e. The first-order valence-corrected chi connectivity index (χ1v) is 12.2. The zero-order chi connectivity index (χ0) is 24.1. The number of carbonyl (C=O) groups is 2. The van der Waals surface area contributed by atoms with E-state index in [-0.39, 0.29) is 30.2 Å². The van der Waals surface area contributed by atoms with Gasteiger partial charge in [0, 0.05) is 30.9 Å². The number of thiazole rings is 1. The maximum atomic E-state index is 13.0. The molecular formula is C26H28FN3O3S. The van der Waals surface area contributed by atoms with Gasteiger partial charge in [-0.25, -0.2) is 9.37 Å². The summed E-state index contributed by atoms with van der Waals surface area (Å²) in [4.78, 5) is 31.4. The number of aryl methyl sites for hydroxylation is 2. The normalized spacial score (nSPS) is 14.1. The van der Waals surface area contributed by atoms with Crippen LogP contribution in [0.3, 0.4) is 0 Å². The molecule has 0 spiro atoms. The maximum Gasteiger partial charge on any atom is 0.271 e. The lowest BCUT2D eigenvalue weighted by Crippen LogP contribution is -2.40. The van der Waals surface area contributed by atoms with Gasteiger partial charge in [-0.3, -0.25) is 9.59 Å². The number of benzene rings is 2. The zero-order valence-corrected chi connectivity index (χ0v) is 20.2. The van der Waals surface area contributed by atoms with Crippen LogP contribution in [0.1, 0.15) is 50.9 Å². The van der Waals surface area contributed by atoms with E-state index in [0.717, 1.165) is 29.0 Å². The highest BCUT2D eigenvalue weighted by Crippen LogP contribution is 2.30. The molecule has 0 atom stereocenters. The average Bonchev–Trinajstić information content (AvgIpc) is 3.35. The fourth-order valence-corrected chi connectivity index (χ4v) is 4.84. The minimum Gasteiger partial charge on any atom is -0.484 e. The van der Waals surface area contributed by atoms with Gasteiger partial charge in [-0.2, -0.15) is 0 Å². The van der Waals surface area contributed by atoms with Crippen molar-refractivity contribution in [1.82, 2.24) is 15.2 Å². The highest BCUT2D eigenvalue weighted by Gasteiger charge is 2.26. The Bertz CT molecular complexity index is 1150. The Balaban J connectivity index is 1.23. The third-order valence-electron chi connectivity index (χ3n) is 6.16. The van der Waals surface area contributed by atoms with Crippen molar-refractivity contribution in [2.45, 2.75) is 39.2 Å². The summed E-state index contributed by atoms with van der Waals surface area (Å²) in [5, 5.41) is 5.51. The van der Waals surface area contributed by atoms with E-state index in [0.29, 0.717) is 31.1 Å². The molecule has 34 heavy (non-hydrogen) atoms. The lowest BCUT2D eigenvalue weighted by Gasteiger charge is -2.31. The summed E-state index contributed by atoms with van der Waals surface area (Å²) < 4.78 is 18.7. The summed E-state index contributed by atoms with van der Waals surface area (Å²) in [6, 6.07) is 11.9. The molecule has 1 aliphatic rings. The molecule has 1 fully saturated rings. The van der Waals surface area contributed by atoms with Gasteiger partial charge in [0.2, 0.25) is 0 Å². The van der Waals surface area contributed by atoms with E-state index in [1.165, 1.54) is 29.0 Å². The first-order chi connectivity index (χ1) is 16.4. The monoisotopic (exact) mass is 481 g/mol. The van der Waals surface area contributed by atoms with E-state index in [4.69, 9.17) is 4.74 Å². The summed E-state index contributed by atoms with van der Waals surface area (Å²) >= 11 is 1.48. The molecule has 178 valence electrons. The van der Waals surface area contributed by atoms with Gasteiger partial charge in [0.1, 0.15) is 17.3 Å². The van der Waals surface area contributed by atoms with Crippen LogP contribution < -0.4 is 10.1 Å². The third kappa shape index (κ3) is 5.99. The Morgan fingerprint density at radius 1 is 1.12 bits per heavy atom. The Labute approximate surface area is 202 Å². The number of piperidine rings is 1. The molecule has 2 amide bonds.